The van der Waals surface area contributed by atoms with E-state index in [0.717, 1.165) is 0 Å². The number of amides is 2. The minimum Gasteiger partial charge on any atom is -0.388 e. The van der Waals surface area contributed by atoms with E-state index in [1.165, 1.54) is 17.0 Å². The number of nitro benzene ring substituents is 1. The van der Waals surface area contributed by atoms with Crippen LogP contribution in [0.1, 0.15) is 25.3 Å². The maximum Gasteiger partial charge on any atom is 0.269 e. The van der Waals surface area contributed by atoms with Gasteiger partial charge in [0.2, 0.25) is 11.8 Å². The Morgan fingerprint density at radius 3 is 2.48 bits per heavy atom. The van der Waals surface area contributed by atoms with Crippen LogP contribution in [0.2, 0.25) is 0 Å². The van der Waals surface area contributed by atoms with Crippen LogP contribution >= 0.6 is 0 Å². The van der Waals surface area contributed by atoms with Gasteiger partial charge in [-0.25, -0.2) is 0 Å². The van der Waals surface area contributed by atoms with Gasteiger partial charge in [0.1, 0.15) is 0 Å². The molecule has 7 heteroatoms. The molecule has 0 aliphatic carbocycles. The standard InChI is InChI=1S/C14H17N3O4/c1-9-5-13(18)16(14(19)6-9)8-10-7-11(17(20)21)3-4-12(10)15-2/h3-4,7,9,15H,5-6,8H2,1-2H3. The van der Waals surface area contributed by atoms with Crippen molar-refractivity contribution in [3.63, 3.8) is 0 Å². The third-order valence-electron chi connectivity index (χ3n) is 3.55. The van der Waals surface area contributed by atoms with Crippen molar-refractivity contribution in [3.8, 4) is 0 Å². The van der Waals surface area contributed by atoms with Gasteiger partial charge >= 0.3 is 0 Å². The Morgan fingerprint density at radius 1 is 1.33 bits per heavy atom. The van der Waals surface area contributed by atoms with Gasteiger partial charge in [-0.3, -0.25) is 24.6 Å². The van der Waals surface area contributed by atoms with Crippen LogP contribution in [-0.4, -0.2) is 28.7 Å². The number of benzene rings is 1. The van der Waals surface area contributed by atoms with Crippen LogP contribution in [0.5, 0.6) is 0 Å². The number of likely N-dealkylation sites (tertiary alicyclic amines) is 1. The van der Waals surface area contributed by atoms with E-state index in [1.54, 1.807) is 13.1 Å². The molecular formula is C14H17N3O4. The molecule has 1 aromatic carbocycles. The quantitative estimate of drug-likeness (QED) is 0.519. The van der Waals surface area contributed by atoms with Crippen LogP contribution in [0.3, 0.4) is 0 Å². The lowest BCUT2D eigenvalue weighted by Gasteiger charge is -2.28. The summed E-state index contributed by atoms with van der Waals surface area (Å²) >= 11 is 0. The van der Waals surface area contributed by atoms with Gasteiger partial charge in [0.15, 0.2) is 0 Å². The summed E-state index contributed by atoms with van der Waals surface area (Å²) in [5.41, 5.74) is 1.16. The molecule has 1 N–H and O–H groups in total. The van der Waals surface area contributed by atoms with E-state index in [1.807, 2.05) is 6.92 Å². The molecule has 21 heavy (non-hydrogen) atoms. The van der Waals surface area contributed by atoms with Crippen LogP contribution in [0.4, 0.5) is 11.4 Å². The summed E-state index contributed by atoms with van der Waals surface area (Å²) in [6.45, 7) is 1.92. The van der Waals surface area contributed by atoms with E-state index in [4.69, 9.17) is 0 Å². The van der Waals surface area contributed by atoms with Gasteiger partial charge in [0, 0.05) is 43.3 Å². The summed E-state index contributed by atoms with van der Waals surface area (Å²) in [4.78, 5) is 35.5. The molecule has 1 saturated heterocycles. The number of hydrogen-bond donors (Lipinski definition) is 1. The van der Waals surface area contributed by atoms with Gasteiger partial charge in [-0.15, -0.1) is 0 Å². The first-order valence-corrected chi connectivity index (χ1v) is 6.70. The summed E-state index contributed by atoms with van der Waals surface area (Å²) in [6, 6.07) is 4.36. The van der Waals surface area contributed by atoms with Gasteiger partial charge in [0.05, 0.1) is 11.5 Å². The molecule has 1 aliphatic rings. The zero-order valence-electron chi connectivity index (χ0n) is 12.0. The summed E-state index contributed by atoms with van der Waals surface area (Å²) < 4.78 is 0. The first-order valence-electron chi connectivity index (χ1n) is 6.70. The number of imide groups is 1. The maximum absolute atomic E-state index is 12.0. The van der Waals surface area contributed by atoms with E-state index in [0.29, 0.717) is 24.1 Å². The van der Waals surface area contributed by atoms with E-state index in [9.17, 15) is 19.7 Å². The van der Waals surface area contributed by atoms with E-state index in [2.05, 4.69) is 5.32 Å². The molecular weight excluding hydrogens is 274 g/mol. The third kappa shape index (κ3) is 3.18. The van der Waals surface area contributed by atoms with Gasteiger partial charge in [-0.2, -0.15) is 0 Å². The third-order valence-corrected chi connectivity index (χ3v) is 3.55. The molecule has 2 rings (SSSR count). The highest BCUT2D eigenvalue weighted by Crippen LogP contribution is 2.26. The second-order valence-corrected chi connectivity index (χ2v) is 5.24. The summed E-state index contributed by atoms with van der Waals surface area (Å²) in [5, 5.41) is 13.8. The summed E-state index contributed by atoms with van der Waals surface area (Å²) in [5.74, 6) is -0.408. The highest BCUT2D eigenvalue weighted by Gasteiger charge is 2.30. The Labute approximate surface area is 122 Å². The lowest BCUT2D eigenvalue weighted by molar-refractivity contribution is -0.384. The number of non-ortho nitro benzene ring substituents is 1. The summed E-state index contributed by atoms with van der Waals surface area (Å²) in [7, 11) is 1.69. The van der Waals surface area contributed by atoms with Crippen molar-refractivity contribution < 1.29 is 14.5 Å². The molecule has 1 heterocycles. The van der Waals surface area contributed by atoms with Crippen molar-refractivity contribution in [1.82, 2.24) is 4.90 Å². The predicted octanol–water partition coefficient (Wildman–Crippen LogP) is 1.92. The molecule has 2 amide bonds. The zero-order valence-corrected chi connectivity index (χ0v) is 12.0. The first-order chi connectivity index (χ1) is 9.92. The molecule has 0 saturated carbocycles. The molecule has 0 aromatic heterocycles. The number of carbonyl (C=O) groups is 2. The van der Waals surface area contributed by atoms with Crippen LogP contribution in [0, 0.1) is 16.0 Å². The Kier molecular flexibility index (Phi) is 4.21. The van der Waals surface area contributed by atoms with Gasteiger partial charge < -0.3 is 5.32 Å². The fraction of sp³-hybridized carbons (Fsp3) is 0.429. The number of hydrogen-bond acceptors (Lipinski definition) is 5. The van der Waals surface area contributed by atoms with Gasteiger partial charge in [-0.1, -0.05) is 6.92 Å². The Bertz CT molecular complexity index is 582. The van der Waals surface area contributed by atoms with E-state index < -0.39 is 4.92 Å². The smallest absolute Gasteiger partial charge is 0.269 e. The second kappa shape index (κ2) is 5.90. The second-order valence-electron chi connectivity index (χ2n) is 5.24. The van der Waals surface area contributed by atoms with Crippen LogP contribution < -0.4 is 5.32 Å². The van der Waals surface area contributed by atoms with E-state index in [-0.39, 0.29) is 30.0 Å². The molecule has 1 aromatic rings. The monoisotopic (exact) mass is 291 g/mol. The molecule has 1 aliphatic heterocycles. The minimum absolute atomic E-state index is 0.0510. The molecule has 7 nitrogen and oxygen atoms in total. The number of nitrogens with one attached hydrogen (secondary N) is 1. The molecule has 0 spiro atoms. The zero-order chi connectivity index (χ0) is 15.6. The van der Waals surface area contributed by atoms with Crippen molar-refractivity contribution in [2.45, 2.75) is 26.3 Å². The van der Waals surface area contributed by atoms with Crippen molar-refractivity contribution in [2.24, 2.45) is 5.92 Å². The van der Waals surface area contributed by atoms with Crippen molar-refractivity contribution in [3.05, 3.63) is 33.9 Å². The average Bonchev–Trinajstić information content (AvgIpc) is 2.42. The normalized spacial score (nSPS) is 16.2. The Hall–Kier alpha value is -2.44. The SMILES string of the molecule is CNc1ccc([N+](=O)[O-])cc1CN1C(=O)CC(C)CC1=O. The van der Waals surface area contributed by atoms with E-state index >= 15 is 0 Å². The molecule has 0 bridgehead atoms. The lowest BCUT2D eigenvalue weighted by Crippen LogP contribution is -2.42. The fourth-order valence-electron chi connectivity index (χ4n) is 2.44. The summed E-state index contributed by atoms with van der Waals surface area (Å²) in [6.07, 6.45) is 0.658. The lowest BCUT2D eigenvalue weighted by atomic mass is 9.97. The minimum atomic E-state index is -0.495. The van der Waals surface area contributed by atoms with Crippen LogP contribution in [0.15, 0.2) is 18.2 Å². The largest absolute Gasteiger partial charge is 0.388 e. The molecule has 1 fully saturated rings. The van der Waals surface area contributed by atoms with Crippen molar-refractivity contribution in [2.75, 3.05) is 12.4 Å². The maximum atomic E-state index is 12.0. The number of anilines is 1. The molecule has 0 radical (unpaired) electrons. The molecule has 112 valence electrons. The van der Waals surface area contributed by atoms with Crippen LogP contribution in [0.25, 0.3) is 0 Å². The first kappa shape index (κ1) is 15.0. The fourth-order valence-corrected chi connectivity index (χ4v) is 2.44. The molecule has 0 atom stereocenters. The van der Waals surface area contributed by atoms with Crippen molar-refractivity contribution in [1.29, 1.82) is 0 Å². The average molecular weight is 291 g/mol. The Morgan fingerprint density at radius 2 is 1.95 bits per heavy atom. The predicted molar refractivity (Wildman–Crippen MR) is 76.6 cm³/mol. The topological polar surface area (TPSA) is 92.6 Å². The number of carbonyl (C=O) groups excluding carboxylic acids is 2. The molecule has 0 unspecified atom stereocenters. The highest BCUT2D eigenvalue weighted by molar-refractivity contribution is 5.97. The Balaban J connectivity index is 2.29. The van der Waals surface area contributed by atoms with Gasteiger partial charge in [-0.05, 0) is 12.0 Å². The number of piperidine rings is 1. The van der Waals surface area contributed by atoms with Crippen molar-refractivity contribution >= 4 is 23.2 Å². The number of nitro groups is 1. The van der Waals surface area contributed by atoms with Crippen LogP contribution in [-0.2, 0) is 16.1 Å². The highest BCUT2D eigenvalue weighted by atomic mass is 16.6. The van der Waals surface area contributed by atoms with Gasteiger partial charge in [0.25, 0.3) is 5.69 Å². The number of nitrogens with zero attached hydrogens (tertiary/aromatic N) is 2. The number of rotatable bonds is 4.